The van der Waals surface area contributed by atoms with Crippen molar-refractivity contribution in [2.75, 3.05) is 25.4 Å². The van der Waals surface area contributed by atoms with Crippen LogP contribution in [0, 0.1) is 0 Å². The first kappa shape index (κ1) is 16.6. The first-order chi connectivity index (χ1) is 9.04. The van der Waals surface area contributed by atoms with E-state index in [1.54, 1.807) is 11.3 Å². The van der Waals surface area contributed by atoms with Crippen molar-refractivity contribution in [3.63, 3.8) is 0 Å². The predicted octanol–water partition coefficient (Wildman–Crippen LogP) is 2.46. The van der Waals surface area contributed by atoms with Gasteiger partial charge < -0.3 is 0 Å². The summed E-state index contributed by atoms with van der Waals surface area (Å²) in [5, 5.41) is 4.13. The Kier molecular flexibility index (Phi) is 6.99. The number of rotatable bonds is 9. The lowest BCUT2D eigenvalue weighted by Crippen LogP contribution is -2.38. The van der Waals surface area contributed by atoms with Crippen LogP contribution < -0.4 is 4.72 Å². The summed E-state index contributed by atoms with van der Waals surface area (Å²) in [6, 6.07) is 2.19. The zero-order chi connectivity index (χ0) is 14.3. The molecule has 1 N–H and O–H groups in total. The van der Waals surface area contributed by atoms with Crippen molar-refractivity contribution in [3.05, 3.63) is 22.4 Å². The second kappa shape index (κ2) is 7.99. The minimum atomic E-state index is -3.14. The highest BCUT2D eigenvalue weighted by molar-refractivity contribution is 7.89. The molecule has 1 rings (SSSR count). The van der Waals surface area contributed by atoms with Crippen molar-refractivity contribution in [3.8, 4) is 0 Å². The summed E-state index contributed by atoms with van der Waals surface area (Å²) in [4.78, 5) is 2.27. The lowest BCUT2D eigenvalue weighted by molar-refractivity contribution is 0.220. The molecular weight excluding hydrogens is 280 g/mol. The molecule has 0 spiro atoms. The molecule has 1 aromatic rings. The number of hydrogen-bond donors (Lipinski definition) is 1. The predicted molar refractivity (Wildman–Crippen MR) is 82.1 cm³/mol. The Morgan fingerprint density at radius 3 is 2.47 bits per heavy atom. The third kappa shape index (κ3) is 5.22. The summed E-state index contributed by atoms with van der Waals surface area (Å²) in [5.41, 5.74) is 1.19. The van der Waals surface area contributed by atoms with Gasteiger partial charge in [-0.1, -0.05) is 20.8 Å². The Balaban J connectivity index is 2.76. The molecule has 1 aromatic heterocycles. The number of hydrogen-bond acceptors (Lipinski definition) is 4. The fourth-order valence-electron chi connectivity index (χ4n) is 2.13. The second-order valence-corrected chi connectivity index (χ2v) is 7.17. The van der Waals surface area contributed by atoms with E-state index in [0.717, 1.165) is 13.1 Å². The molecule has 19 heavy (non-hydrogen) atoms. The Hall–Kier alpha value is -0.430. The molecule has 0 saturated heterocycles. The minimum absolute atomic E-state index is 0.118. The number of likely N-dealkylation sites (N-methyl/N-ethyl adjacent to an activating group) is 1. The quantitative estimate of drug-likeness (QED) is 0.762. The third-order valence-corrected chi connectivity index (χ3v) is 5.40. The van der Waals surface area contributed by atoms with E-state index >= 15 is 0 Å². The van der Waals surface area contributed by atoms with E-state index in [2.05, 4.69) is 34.9 Å². The number of nitrogens with zero attached hydrogens (tertiary/aromatic N) is 1. The lowest BCUT2D eigenvalue weighted by atomic mass is 10.1. The molecule has 1 heterocycles. The summed E-state index contributed by atoms with van der Waals surface area (Å²) in [5.74, 6) is 0.196. The third-order valence-electron chi connectivity index (χ3n) is 3.15. The van der Waals surface area contributed by atoms with Gasteiger partial charge in [-0.2, -0.15) is 11.3 Å². The normalized spacial score (nSPS) is 13.9. The average Bonchev–Trinajstić information content (AvgIpc) is 2.88. The van der Waals surface area contributed by atoms with E-state index < -0.39 is 10.0 Å². The molecule has 110 valence electrons. The first-order valence-corrected chi connectivity index (χ1v) is 9.37. The van der Waals surface area contributed by atoms with Crippen LogP contribution in [-0.4, -0.2) is 38.7 Å². The van der Waals surface area contributed by atoms with E-state index in [1.165, 1.54) is 5.56 Å². The van der Waals surface area contributed by atoms with Gasteiger partial charge in [-0.15, -0.1) is 0 Å². The minimum Gasteiger partial charge on any atom is -0.296 e. The van der Waals surface area contributed by atoms with Gasteiger partial charge in [0.1, 0.15) is 0 Å². The highest BCUT2D eigenvalue weighted by Gasteiger charge is 2.20. The zero-order valence-corrected chi connectivity index (χ0v) is 13.6. The van der Waals surface area contributed by atoms with Gasteiger partial charge in [0.2, 0.25) is 10.0 Å². The molecule has 0 radical (unpaired) electrons. The second-order valence-electron chi connectivity index (χ2n) is 4.46. The molecule has 1 atom stereocenters. The average molecular weight is 304 g/mol. The summed E-state index contributed by atoms with van der Waals surface area (Å²) < 4.78 is 26.3. The summed E-state index contributed by atoms with van der Waals surface area (Å²) >= 11 is 1.65. The molecule has 4 nitrogen and oxygen atoms in total. The van der Waals surface area contributed by atoms with E-state index in [1.807, 2.05) is 12.3 Å². The van der Waals surface area contributed by atoms with Gasteiger partial charge in [0, 0.05) is 12.6 Å². The number of sulfonamides is 1. The Morgan fingerprint density at radius 1 is 1.32 bits per heavy atom. The molecule has 1 unspecified atom stereocenters. The van der Waals surface area contributed by atoms with Gasteiger partial charge in [0.05, 0.1) is 5.75 Å². The van der Waals surface area contributed by atoms with Crippen LogP contribution in [0.4, 0.5) is 0 Å². The van der Waals surface area contributed by atoms with Gasteiger partial charge in [-0.3, -0.25) is 4.90 Å². The maximum Gasteiger partial charge on any atom is 0.211 e. The van der Waals surface area contributed by atoms with Gasteiger partial charge in [0.25, 0.3) is 0 Å². The smallest absolute Gasteiger partial charge is 0.211 e. The fraction of sp³-hybridized carbons (Fsp3) is 0.692. The fourth-order valence-corrected chi connectivity index (χ4v) is 3.93. The lowest BCUT2D eigenvalue weighted by Gasteiger charge is -2.29. The van der Waals surface area contributed by atoms with E-state index in [4.69, 9.17) is 0 Å². The molecule has 0 aliphatic heterocycles. The molecule has 0 aliphatic carbocycles. The van der Waals surface area contributed by atoms with Crippen LogP contribution >= 0.6 is 11.3 Å². The van der Waals surface area contributed by atoms with Crippen molar-refractivity contribution in [2.24, 2.45) is 0 Å². The molecule has 0 saturated carbocycles. The Morgan fingerprint density at radius 2 is 2.00 bits per heavy atom. The summed E-state index contributed by atoms with van der Waals surface area (Å²) in [6.45, 7) is 8.34. The van der Waals surface area contributed by atoms with Gasteiger partial charge in [-0.05, 0) is 41.9 Å². The van der Waals surface area contributed by atoms with Crippen molar-refractivity contribution in [1.29, 1.82) is 0 Å². The van der Waals surface area contributed by atoms with Crippen molar-refractivity contribution in [2.45, 2.75) is 33.2 Å². The van der Waals surface area contributed by atoms with Gasteiger partial charge in [0.15, 0.2) is 0 Å². The number of thiophene rings is 1. The molecule has 6 heteroatoms. The van der Waals surface area contributed by atoms with Crippen LogP contribution in [0.3, 0.4) is 0 Å². The Bertz CT molecular complexity index is 439. The summed E-state index contributed by atoms with van der Waals surface area (Å²) in [7, 11) is -3.14. The van der Waals surface area contributed by atoms with Crippen LogP contribution in [0.15, 0.2) is 16.8 Å². The molecule has 0 fully saturated rings. The highest BCUT2D eigenvalue weighted by Crippen LogP contribution is 2.22. The molecular formula is C13H24N2O2S2. The Labute approximate surface area is 120 Å². The van der Waals surface area contributed by atoms with Crippen LogP contribution in [0.25, 0.3) is 0 Å². The largest absolute Gasteiger partial charge is 0.296 e. The standard InChI is InChI=1S/C13H24N2O2S2/c1-4-9-19(16,17)14-10-13(15(5-2)6-3)12-7-8-18-11-12/h7-8,11,13-14H,4-6,9-10H2,1-3H3. The molecule has 0 amide bonds. The topological polar surface area (TPSA) is 49.4 Å². The van der Waals surface area contributed by atoms with Crippen LogP contribution in [-0.2, 0) is 10.0 Å². The van der Waals surface area contributed by atoms with Crippen LogP contribution in [0.1, 0.15) is 38.8 Å². The molecule has 0 aromatic carbocycles. The van der Waals surface area contributed by atoms with Crippen LogP contribution in [0.5, 0.6) is 0 Å². The zero-order valence-electron chi connectivity index (χ0n) is 11.9. The van der Waals surface area contributed by atoms with Gasteiger partial charge >= 0.3 is 0 Å². The van der Waals surface area contributed by atoms with Crippen molar-refractivity contribution in [1.82, 2.24) is 9.62 Å². The van der Waals surface area contributed by atoms with Crippen molar-refractivity contribution < 1.29 is 8.42 Å². The maximum atomic E-state index is 11.8. The highest BCUT2D eigenvalue weighted by atomic mass is 32.2. The number of nitrogens with one attached hydrogen (secondary N) is 1. The van der Waals surface area contributed by atoms with Gasteiger partial charge in [-0.25, -0.2) is 13.1 Å². The molecule has 0 bridgehead atoms. The van der Waals surface area contributed by atoms with Crippen LogP contribution in [0.2, 0.25) is 0 Å². The van der Waals surface area contributed by atoms with E-state index in [-0.39, 0.29) is 11.8 Å². The SMILES string of the molecule is CCCS(=O)(=O)NCC(c1ccsc1)N(CC)CC. The monoisotopic (exact) mass is 304 g/mol. The molecule has 0 aliphatic rings. The van der Waals surface area contributed by atoms with Crippen molar-refractivity contribution >= 4 is 21.4 Å². The summed E-state index contributed by atoms with van der Waals surface area (Å²) in [6.07, 6.45) is 0.643. The first-order valence-electron chi connectivity index (χ1n) is 6.77. The van der Waals surface area contributed by atoms with E-state index in [0.29, 0.717) is 13.0 Å². The maximum absolute atomic E-state index is 11.8. The van der Waals surface area contributed by atoms with E-state index in [9.17, 15) is 8.42 Å².